The van der Waals surface area contributed by atoms with E-state index < -0.39 is 8.80 Å². The third-order valence-electron chi connectivity index (χ3n) is 5.33. The lowest BCUT2D eigenvalue weighted by Gasteiger charge is -2.36. The van der Waals surface area contributed by atoms with E-state index in [4.69, 9.17) is 13.3 Å². The van der Waals surface area contributed by atoms with Gasteiger partial charge in [0.25, 0.3) is 0 Å². The number of likely N-dealkylation sites (tertiary alicyclic amines) is 1. The van der Waals surface area contributed by atoms with Crippen LogP contribution >= 0.6 is 0 Å². The van der Waals surface area contributed by atoms with Gasteiger partial charge in [-0.25, -0.2) is 0 Å². The van der Waals surface area contributed by atoms with Gasteiger partial charge in [0.1, 0.15) is 0 Å². The summed E-state index contributed by atoms with van der Waals surface area (Å²) in [6.07, 6.45) is 11.0. The molecule has 1 saturated heterocycles. The predicted octanol–water partition coefficient (Wildman–Crippen LogP) is 3.84. The summed E-state index contributed by atoms with van der Waals surface area (Å²) >= 11 is 0. The van der Waals surface area contributed by atoms with Crippen molar-refractivity contribution in [2.45, 2.75) is 64.3 Å². The van der Waals surface area contributed by atoms with E-state index in [1.807, 2.05) is 0 Å². The van der Waals surface area contributed by atoms with E-state index in [1.165, 1.54) is 75.5 Å². The number of quaternary nitrogens is 1. The van der Waals surface area contributed by atoms with Crippen LogP contribution in [0.25, 0.3) is 0 Å². The minimum Gasteiger partial charge on any atom is -0.377 e. The van der Waals surface area contributed by atoms with Crippen molar-refractivity contribution in [3.05, 3.63) is 0 Å². The number of rotatable bonds is 13. The number of hydrogen-bond acceptors (Lipinski definition) is 3. The van der Waals surface area contributed by atoms with Crippen LogP contribution in [0.5, 0.6) is 0 Å². The van der Waals surface area contributed by atoms with Gasteiger partial charge in [0.2, 0.25) is 0 Å². The first-order valence-corrected chi connectivity index (χ1v) is 11.1. The molecule has 1 rings (SSSR count). The van der Waals surface area contributed by atoms with Crippen molar-refractivity contribution in [3.8, 4) is 0 Å². The van der Waals surface area contributed by atoms with E-state index in [0.29, 0.717) is 0 Å². The van der Waals surface area contributed by atoms with Gasteiger partial charge in [-0.3, -0.25) is 0 Å². The summed E-state index contributed by atoms with van der Waals surface area (Å²) in [7, 11) is 2.76. The fourth-order valence-corrected chi connectivity index (χ4v) is 5.58. The zero-order valence-electron chi connectivity index (χ0n) is 15.4. The van der Waals surface area contributed by atoms with E-state index >= 15 is 0 Å². The second-order valence-electron chi connectivity index (χ2n) is 6.76. The minimum absolute atomic E-state index is 0.937. The normalized spacial score (nSPS) is 18.0. The molecule has 0 aliphatic carbocycles. The fraction of sp³-hybridized carbons (Fsp3) is 1.00. The van der Waals surface area contributed by atoms with Crippen molar-refractivity contribution in [3.63, 3.8) is 0 Å². The Labute approximate surface area is 139 Å². The van der Waals surface area contributed by atoms with Gasteiger partial charge < -0.3 is 17.8 Å². The van der Waals surface area contributed by atoms with Crippen molar-refractivity contribution in [1.29, 1.82) is 0 Å². The highest BCUT2D eigenvalue weighted by atomic mass is 28.4. The van der Waals surface area contributed by atoms with E-state index in [-0.39, 0.29) is 0 Å². The highest BCUT2D eigenvalue weighted by Crippen LogP contribution is 2.25. The Morgan fingerprint density at radius 3 is 1.86 bits per heavy atom. The topological polar surface area (TPSA) is 27.7 Å². The van der Waals surface area contributed by atoms with Crippen LogP contribution in [0, 0.1) is 0 Å². The molecule has 22 heavy (non-hydrogen) atoms. The van der Waals surface area contributed by atoms with Crippen LogP contribution in [-0.2, 0) is 13.3 Å². The number of unbranched alkanes of at least 4 members (excludes halogenated alkanes) is 5. The van der Waals surface area contributed by atoms with Crippen LogP contribution in [0.2, 0.25) is 6.04 Å². The summed E-state index contributed by atoms with van der Waals surface area (Å²) in [6, 6.07) is 0.937. The smallest absolute Gasteiger partial charge is 0.377 e. The van der Waals surface area contributed by atoms with Gasteiger partial charge in [0.05, 0.1) is 32.2 Å². The lowest BCUT2D eigenvalue weighted by molar-refractivity contribution is -0.915. The molecule has 0 spiro atoms. The van der Waals surface area contributed by atoms with Crippen LogP contribution in [-0.4, -0.2) is 60.8 Å². The molecule has 0 aromatic rings. The Morgan fingerprint density at radius 2 is 1.32 bits per heavy atom. The maximum absolute atomic E-state index is 5.60. The fourth-order valence-electron chi connectivity index (χ4n) is 3.72. The molecule has 5 heteroatoms. The molecule has 0 unspecified atom stereocenters. The maximum atomic E-state index is 5.60. The molecule has 132 valence electrons. The van der Waals surface area contributed by atoms with Gasteiger partial charge >= 0.3 is 8.80 Å². The third-order valence-corrected chi connectivity index (χ3v) is 8.03. The van der Waals surface area contributed by atoms with E-state index in [2.05, 4.69) is 6.92 Å². The average molecular weight is 333 g/mol. The second-order valence-corrected chi connectivity index (χ2v) is 9.85. The van der Waals surface area contributed by atoms with Gasteiger partial charge in [0.15, 0.2) is 0 Å². The van der Waals surface area contributed by atoms with E-state index in [1.54, 1.807) is 21.3 Å². The average Bonchev–Trinajstić information content (AvgIpc) is 3.02. The number of nitrogens with zero attached hydrogens (tertiary/aromatic N) is 1. The molecule has 1 aliphatic heterocycles. The molecule has 0 N–H and O–H groups in total. The van der Waals surface area contributed by atoms with Gasteiger partial charge in [-0.15, -0.1) is 0 Å². The third kappa shape index (κ3) is 6.28. The van der Waals surface area contributed by atoms with Gasteiger partial charge in [0, 0.05) is 34.2 Å². The molecular weight excluding hydrogens is 294 g/mol. The van der Waals surface area contributed by atoms with Crippen LogP contribution in [0.3, 0.4) is 0 Å². The molecular formula is C17H38NO3Si+. The quantitative estimate of drug-likeness (QED) is 0.291. The zero-order chi connectivity index (χ0) is 16.3. The number of hydrogen-bond donors (Lipinski definition) is 0. The second kappa shape index (κ2) is 10.8. The summed E-state index contributed by atoms with van der Waals surface area (Å²) < 4.78 is 18.0. The van der Waals surface area contributed by atoms with Gasteiger partial charge in [-0.05, 0) is 12.8 Å². The Kier molecular flexibility index (Phi) is 9.83. The monoisotopic (exact) mass is 332 g/mol. The summed E-state index contributed by atoms with van der Waals surface area (Å²) in [5, 5.41) is 0. The van der Waals surface area contributed by atoms with Crippen molar-refractivity contribution in [1.82, 2.24) is 0 Å². The van der Waals surface area contributed by atoms with Crippen molar-refractivity contribution < 1.29 is 17.8 Å². The summed E-state index contributed by atoms with van der Waals surface area (Å²) in [4.78, 5) is 0. The maximum Gasteiger partial charge on any atom is 0.505 e. The van der Waals surface area contributed by atoms with Crippen LogP contribution in [0.15, 0.2) is 0 Å². The molecule has 1 fully saturated rings. The molecule has 0 amide bonds. The first kappa shape index (κ1) is 20.1. The predicted molar refractivity (Wildman–Crippen MR) is 93.9 cm³/mol. The molecule has 1 heterocycles. The molecule has 0 bridgehead atoms. The highest BCUT2D eigenvalue weighted by molar-refractivity contribution is 6.60. The Morgan fingerprint density at radius 1 is 0.773 bits per heavy atom. The van der Waals surface area contributed by atoms with Crippen molar-refractivity contribution in [2.24, 2.45) is 0 Å². The van der Waals surface area contributed by atoms with Crippen molar-refractivity contribution in [2.75, 3.05) is 47.5 Å². The van der Waals surface area contributed by atoms with Crippen molar-refractivity contribution >= 4 is 8.80 Å². The lowest BCUT2D eigenvalue weighted by atomic mass is 10.1. The first-order chi connectivity index (χ1) is 10.7. The first-order valence-electron chi connectivity index (χ1n) is 9.16. The van der Waals surface area contributed by atoms with Gasteiger partial charge in [-0.1, -0.05) is 32.6 Å². The summed E-state index contributed by atoms with van der Waals surface area (Å²) in [5.74, 6) is 0. The molecule has 0 radical (unpaired) electrons. The SMILES string of the molecule is CCCCCCCC[N+]1(CC[Si](OC)(OC)OC)CCCC1. The standard InChI is InChI=1S/C17H38NO3Si/c1-5-6-7-8-9-10-13-18(14-11-12-15-18)16-17-22(19-2,20-3)21-4/h5-17H2,1-4H3/q+1. The molecule has 0 atom stereocenters. The summed E-state index contributed by atoms with van der Waals surface area (Å²) in [6.45, 7) is 7.42. The molecule has 0 saturated carbocycles. The van der Waals surface area contributed by atoms with E-state index in [9.17, 15) is 0 Å². The van der Waals surface area contributed by atoms with Crippen LogP contribution in [0.1, 0.15) is 58.3 Å². The highest BCUT2D eigenvalue weighted by Gasteiger charge is 2.42. The Balaban J connectivity index is 2.39. The van der Waals surface area contributed by atoms with Gasteiger partial charge in [-0.2, -0.15) is 0 Å². The molecule has 1 aliphatic rings. The lowest BCUT2D eigenvalue weighted by Crippen LogP contribution is -2.52. The molecule has 4 nitrogen and oxygen atoms in total. The Hall–Kier alpha value is 0.0569. The minimum atomic E-state index is -2.41. The molecule has 0 aromatic carbocycles. The van der Waals surface area contributed by atoms with Crippen LogP contribution < -0.4 is 0 Å². The molecule has 0 aromatic heterocycles. The Bertz CT molecular complexity index is 271. The van der Waals surface area contributed by atoms with Crippen LogP contribution in [0.4, 0.5) is 0 Å². The van der Waals surface area contributed by atoms with E-state index in [0.717, 1.165) is 12.6 Å². The zero-order valence-corrected chi connectivity index (χ0v) is 16.4. The summed E-state index contributed by atoms with van der Waals surface area (Å²) in [5.41, 5.74) is 0. The largest absolute Gasteiger partial charge is 0.505 e.